The van der Waals surface area contributed by atoms with E-state index in [9.17, 15) is 9.18 Å². The van der Waals surface area contributed by atoms with E-state index in [-0.39, 0.29) is 17.8 Å². The zero-order valence-electron chi connectivity index (χ0n) is 22.2. The second-order valence-electron chi connectivity index (χ2n) is 12.2. The molecule has 0 atom stereocenters. The van der Waals surface area contributed by atoms with E-state index in [0.717, 1.165) is 74.3 Å². The number of aryl methyl sites for hydroxylation is 1. The van der Waals surface area contributed by atoms with Crippen LogP contribution in [0.5, 0.6) is 0 Å². The minimum Gasteiger partial charge on any atom is -0.456 e. The van der Waals surface area contributed by atoms with Gasteiger partial charge in [0.05, 0.1) is 4.91 Å². The number of hydrogen-bond donors (Lipinski definition) is 1. The molecule has 6 fully saturated rings. The molecular weight excluding hydrogens is 529 g/mol. The fourth-order valence-electron chi connectivity index (χ4n) is 8.12. The van der Waals surface area contributed by atoms with E-state index in [1.54, 1.807) is 12.1 Å². The van der Waals surface area contributed by atoms with Crippen molar-refractivity contribution in [3.8, 4) is 11.3 Å². The number of rotatable bonds is 7. The first kappa shape index (κ1) is 25.9. The number of benzene rings is 1. The highest BCUT2D eigenvalue weighted by atomic mass is 32.2. The van der Waals surface area contributed by atoms with Crippen molar-refractivity contribution in [2.45, 2.75) is 51.0 Å². The summed E-state index contributed by atoms with van der Waals surface area (Å²) in [6.07, 6.45) is 10.2. The summed E-state index contributed by atoms with van der Waals surface area (Å²) >= 11 is 7.26. The molecule has 0 unspecified atom stereocenters. The molecule has 1 aromatic carbocycles. The van der Waals surface area contributed by atoms with E-state index >= 15 is 0 Å². The lowest BCUT2D eigenvalue weighted by Gasteiger charge is -2.56. The van der Waals surface area contributed by atoms with Crippen LogP contribution >= 0.6 is 24.0 Å². The summed E-state index contributed by atoms with van der Waals surface area (Å²) < 4.78 is 20.6. The largest absolute Gasteiger partial charge is 0.456 e. The van der Waals surface area contributed by atoms with Crippen LogP contribution in [-0.4, -0.2) is 58.8 Å². The van der Waals surface area contributed by atoms with Crippen molar-refractivity contribution >= 4 is 40.3 Å². The van der Waals surface area contributed by atoms with Gasteiger partial charge in [-0.3, -0.25) is 9.69 Å². The highest BCUT2D eigenvalue weighted by molar-refractivity contribution is 8.26. The van der Waals surface area contributed by atoms with Gasteiger partial charge in [0.1, 0.15) is 21.7 Å². The maximum atomic E-state index is 13.8. The molecule has 4 aliphatic carbocycles. The number of nitrogens with zero attached hydrogens (tertiary/aromatic N) is 2. The first-order valence-corrected chi connectivity index (χ1v) is 15.8. The lowest BCUT2D eigenvalue weighted by Crippen LogP contribution is -2.57. The molecule has 8 rings (SSSR count). The Morgan fingerprint density at radius 1 is 1.05 bits per heavy atom. The molecule has 2 saturated heterocycles. The van der Waals surface area contributed by atoms with Crippen molar-refractivity contribution in [2.75, 3.05) is 32.7 Å². The zero-order chi connectivity index (χ0) is 26.5. The summed E-state index contributed by atoms with van der Waals surface area (Å²) in [5, 5.41) is 3.41. The van der Waals surface area contributed by atoms with Gasteiger partial charge in [0.2, 0.25) is 0 Å². The monoisotopic (exact) mass is 565 g/mol. The molecule has 5 nitrogen and oxygen atoms in total. The fourth-order valence-corrected chi connectivity index (χ4v) is 9.44. The maximum Gasteiger partial charge on any atom is 0.266 e. The average molecular weight is 566 g/mol. The predicted molar refractivity (Wildman–Crippen MR) is 158 cm³/mol. The molecule has 1 amide bonds. The first-order valence-electron chi connectivity index (χ1n) is 14.6. The number of thioether (sulfide) groups is 1. The Morgan fingerprint density at radius 2 is 1.74 bits per heavy atom. The van der Waals surface area contributed by atoms with Crippen LogP contribution < -0.4 is 5.32 Å². The fraction of sp³-hybridized carbons (Fsp3) is 0.548. The van der Waals surface area contributed by atoms with Gasteiger partial charge in [-0.15, -0.1) is 0 Å². The summed E-state index contributed by atoms with van der Waals surface area (Å²) in [7, 11) is 0. The van der Waals surface area contributed by atoms with Crippen LogP contribution in [0.3, 0.4) is 0 Å². The Labute approximate surface area is 239 Å². The van der Waals surface area contributed by atoms with Crippen LogP contribution in [0.4, 0.5) is 4.39 Å². The molecule has 2 aliphatic heterocycles. The van der Waals surface area contributed by atoms with Crippen molar-refractivity contribution in [3.63, 3.8) is 0 Å². The standard InChI is InChI=1S/C31H36FN3O2S2/c32-25-5-3-21(4-6-25)26-17-22(2-1-9-34-10-7-33-8-11-34)27(37-26)18-28-30(36)35(31(38)39-28)29-23-13-19-12-20(15-23)16-24(29)14-19/h3-6,17-20,23-24,29,33H,1-2,7-16H2. The average Bonchev–Trinajstić information content (AvgIpc) is 3.45. The summed E-state index contributed by atoms with van der Waals surface area (Å²) in [5.41, 5.74) is 1.92. The molecule has 1 N–H and O–H groups in total. The molecule has 0 radical (unpaired) electrons. The number of hydrogen-bond acceptors (Lipinski definition) is 6. The molecule has 6 aliphatic rings. The van der Waals surface area contributed by atoms with Crippen LogP contribution in [0.25, 0.3) is 17.4 Å². The molecule has 3 heterocycles. The van der Waals surface area contributed by atoms with E-state index in [2.05, 4.69) is 16.3 Å². The van der Waals surface area contributed by atoms with Crippen LogP contribution in [0.1, 0.15) is 49.8 Å². The highest BCUT2D eigenvalue weighted by Gasteiger charge is 2.53. The van der Waals surface area contributed by atoms with Gasteiger partial charge in [-0.25, -0.2) is 4.39 Å². The molecule has 4 bridgehead atoms. The van der Waals surface area contributed by atoms with E-state index in [4.69, 9.17) is 16.6 Å². The van der Waals surface area contributed by atoms with Crippen LogP contribution in [0, 0.1) is 29.5 Å². The van der Waals surface area contributed by atoms with Gasteiger partial charge in [-0.2, -0.15) is 0 Å². The number of thiocarbonyl (C=S) groups is 1. The number of halogens is 1. The molecule has 0 spiro atoms. The lowest BCUT2D eigenvalue weighted by molar-refractivity contribution is -0.130. The normalized spacial score (nSPS) is 31.7. The van der Waals surface area contributed by atoms with Crippen molar-refractivity contribution in [1.29, 1.82) is 0 Å². The van der Waals surface area contributed by atoms with Gasteiger partial charge >= 0.3 is 0 Å². The Kier molecular flexibility index (Phi) is 7.16. The third-order valence-corrected chi connectivity index (χ3v) is 11.0. The van der Waals surface area contributed by atoms with Crippen molar-refractivity contribution in [3.05, 3.63) is 52.4 Å². The molecular formula is C31H36FN3O2S2. The molecule has 1 aromatic heterocycles. The number of piperazine rings is 1. The second-order valence-corrected chi connectivity index (χ2v) is 13.9. The second kappa shape index (κ2) is 10.8. The van der Waals surface area contributed by atoms with Gasteiger partial charge in [-0.05, 0) is 111 Å². The molecule has 4 saturated carbocycles. The van der Waals surface area contributed by atoms with Crippen molar-refractivity contribution in [1.82, 2.24) is 15.1 Å². The van der Waals surface area contributed by atoms with Crippen LogP contribution in [0.2, 0.25) is 0 Å². The zero-order valence-corrected chi connectivity index (χ0v) is 23.9. The molecule has 206 valence electrons. The maximum absolute atomic E-state index is 13.8. The number of furan rings is 1. The first-order chi connectivity index (χ1) is 19.0. The number of carbonyl (C=O) groups excluding carboxylic acids is 1. The Morgan fingerprint density at radius 3 is 2.44 bits per heavy atom. The Balaban J connectivity index is 1.14. The van der Waals surface area contributed by atoms with Gasteiger partial charge < -0.3 is 14.6 Å². The molecule has 2 aromatic rings. The summed E-state index contributed by atoms with van der Waals surface area (Å²) in [5.74, 6) is 4.11. The SMILES string of the molecule is O=C1C(=Cc2oc(-c3ccc(F)cc3)cc2CCCN2CCNCC2)SC(=S)N1C1C2CC3CC(C2)CC1C3. The lowest BCUT2D eigenvalue weighted by atomic mass is 9.54. The number of carbonyl (C=O) groups is 1. The molecule has 39 heavy (non-hydrogen) atoms. The highest BCUT2D eigenvalue weighted by Crippen LogP contribution is 2.56. The predicted octanol–water partition coefficient (Wildman–Crippen LogP) is 5.95. The van der Waals surface area contributed by atoms with E-state index in [1.807, 2.05) is 11.0 Å². The van der Waals surface area contributed by atoms with E-state index < -0.39 is 0 Å². The third kappa shape index (κ3) is 5.14. The summed E-state index contributed by atoms with van der Waals surface area (Å²) in [6, 6.07) is 8.73. The third-order valence-electron chi connectivity index (χ3n) is 9.66. The topological polar surface area (TPSA) is 48.7 Å². The van der Waals surface area contributed by atoms with E-state index in [1.165, 1.54) is 56.0 Å². The minimum atomic E-state index is -0.268. The van der Waals surface area contributed by atoms with Crippen molar-refractivity contribution in [2.24, 2.45) is 23.7 Å². The number of nitrogens with one attached hydrogen (secondary N) is 1. The smallest absolute Gasteiger partial charge is 0.266 e. The quantitative estimate of drug-likeness (QED) is 0.331. The van der Waals surface area contributed by atoms with Gasteiger partial charge in [0, 0.05) is 43.9 Å². The van der Waals surface area contributed by atoms with Crippen LogP contribution in [0.15, 0.2) is 39.7 Å². The summed E-state index contributed by atoms with van der Waals surface area (Å²) in [6.45, 7) is 5.26. The summed E-state index contributed by atoms with van der Waals surface area (Å²) in [4.78, 5) is 19.0. The number of amides is 1. The van der Waals surface area contributed by atoms with E-state index in [0.29, 0.717) is 26.8 Å². The minimum absolute atomic E-state index is 0.0500. The van der Waals surface area contributed by atoms with Gasteiger partial charge in [0.25, 0.3) is 5.91 Å². The molecule has 8 heteroatoms. The van der Waals surface area contributed by atoms with Crippen LogP contribution in [-0.2, 0) is 11.2 Å². The van der Waals surface area contributed by atoms with Crippen molar-refractivity contribution < 1.29 is 13.6 Å². The van der Waals surface area contributed by atoms with Gasteiger partial charge in [0.15, 0.2) is 0 Å². The Bertz CT molecular complexity index is 1260. The van der Waals surface area contributed by atoms with Gasteiger partial charge in [-0.1, -0.05) is 24.0 Å². The Hall–Kier alpha value is -2.00.